The number of carbonyl (C=O) groups is 2. The van der Waals surface area contributed by atoms with E-state index in [0.29, 0.717) is 40.0 Å². The second-order valence-electron chi connectivity index (χ2n) is 11.7. The Morgan fingerprint density at radius 1 is 0.927 bits per heavy atom. The van der Waals surface area contributed by atoms with Crippen molar-refractivity contribution in [2.24, 2.45) is 11.3 Å². The second kappa shape index (κ2) is 13.1. The number of rotatable bonds is 8. The molecule has 0 radical (unpaired) electrons. The van der Waals surface area contributed by atoms with Crippen LogP contribution in [0.5, 0.6) is 0 Å². The number of piperidine rings is 1. The molecule has 216 valence electrons. The molecule has 1 fully saturated rings. The number of hydrogen-bond donors (Lipinski definition) is 3. The van der Waals surface area contributed by atoms with Crippen LogP contribution in [0.15, 0.2) is 77.4 Å². The van der Waals surface area contributed by atoms with Crippen LogP contribution in [0.4, 0.5) is 17.1 Å². The van der Waals surface area contributed by atoms with E-state index >= 15 is 0 Å². The van der Waals surface area contributed by atoms with Gasteiger partial charge in [-0.1, -0.05) is 67.9 Å². The first-order valence-corrected chi connectivity index (χ1v) is 15.1. The quantitative estimate of drug-likeness (QED) is 0.232. The van der Waals surface area contributed by atoms with Gasteiger partial charge in [-0.25, -0.2) is 0 Å². The number of hydrogen-bond acceptors (Lipinski definition) is 4. The summed E-state index contributed by atoms with van der Waals surface area (Å²) >= 11 is 9.87. The lowest BCUT2D eigenvalue weighted by molar-refractivity contribution is 0.101. The highest BCUT2D eigenvalue weighted by molar-refractivity contribution is 9.10. The average molecular weight is 638 g/mol. The molecular weight excluding hydrogens is 600 g/mol. The van der Waals surface area contributed by atoms with Crippen molar-refractivity contribution in [3.05, 3.63) is 99.1 Å². The van der Waals surface area contributed by atoms with Crippen LogP contribution in [0.3, 0.4) is 0 Å². The van der Waals surface area contributed by atoms with E-state index in [1.54, 1.807) is 18.2 Å². The van der Waals surface area contributed by atoms with Gasteiger partial charge in [-0.15, -0.1) is 0 Å². The topological polar surface area (TPSA) is 73.5 Å². The maximum absolute atomic E-state index is 13.5. The van der Waals surface area contributed by atoms with Gasteiger partial charge < -0.3 is 20.9 Å². The SMILES string of the molecule is C=C(NCc1ccc(Cl)c(C(=O)Nc2ccc(N3CCC(C)CC3)c(C(=O)Nc3ccc(Br)cc3)c2)c1)C(C)(C)C. The van der Waals surface area contributed by atoms with Crippen LogP contribution in [0, 0.1) is 11.3 Å². The van der Waals surface area contributed by atoms with Gasteiger partial charge in [0.25, 0.3) is 11.8 Å². The second-order valence-corrected chi connectivity index (χ2v) is 13.0. The highest BCUT2D eigenvalue weighted by Crippen LogP contribution is 2.30. The van der Waals surface area contributed by atoms with Crippen LogP contribution in [-0.4, -0.2) is 24.9 Å². The summed E-state index contributed by atoms with van der Waals surface area (Å²) in [6.45, 7) is 14.9. The lowest BCUT2D eigenvalue weighted by Gasteiger charge is -2.33. The van der Waals surface area contributed by atoms with E-state index in [0.717, 1.165) is 47.4 Å². The minimum absolute atomic E-state index is 0.0768. The number of amides is 2. The molecule has 0 spiro atoms. The minimum atomic E-state index is -0.342. The molecule has 1 aliphatic rings. The summed E-state index contributed by atoms with van der Waals surface area (Å²) in [5.41, 5.74) is 4.68. The summed E-state index contributed by atoms with van der Waals surface area (Å²) < 4.78 is 0.931. The van der Waals surface area contributed by atoms with Crippen LogP contribution in [-0.2, 0) is 6.54 Å². The van der Waals surface area contributed by atoms with E-state index in [1.165, 1.54) is 0 Å². The Hall–Kier alpha value is -3.29. The van der Waals surface area contributed by atoms with Gasteiger partial charge in [0.05, 0.1) is 16.1 Å². The molecule has 1 aliphatic heterocycles. The number of benzene rings is 3. The van der Waals surface area contributed by atoms with Crippen molar-refractivity contribution in [2.45, 2.75) is 47.1 Å². The number of halogens is 2. The predicted octanol–water partition coefficient (Wildman–Crippen LogP) is 8.49. The van der Waals surface area contributed by atoms with Gasteiger partial charge in [-0.05, 0) is 78.9 Å². The Kier molecular flexibility index (Phi) is 9.82. The van der Waals surface area contributed by atoms with Gasteiger partial charge in [0.2, 0.25) is 0 Å². The Bertz CT molecular complexity index is 1420. The molecule has 3 aromatic carbocycles. The largest absolute Gasteiger partial charge is 0.384 e. The molecule has 1 saturated heterocycles. The van der Waals surface area contributed by atoms with Crippen molar-refractivity contribution in [1.29, 1.82) is 0 Å². The fourth-order valence-corrected chi connectivity index (χ4v) is 5.05. The minimum Gasteiger partial charge on any atom is -0.384 e. The van der Waals surface area contributed by atoms with Crippen LogP contribution >= 0.6 is 27.5 Å². The number of nitrogens with zero attached hydrogens (tertiary/aromatic N) is 1. The molecule has 2 amide bonds. The fourth-order valence-electron chi connectivity index (χ4n) is 4.58. The highest BCUT2D eigenvalue weighted by Gasteiger charge is 2.23. The lowest BCUT2D eigenvalue weighted by atomic mass is 9.93. The van der Waals surface area contributed by atoms with Gasteiger partial charge in [0.15, 0.2) is 0 Å². The van der Waals surface area contributed by atoms with Gasteiger partial charge in [0, 0.05) is 52.3 Å². The van der Waals surface area contributed by atoms with E-state index in [-0.39, 0.29) is 17.2 Å². The molecule has 0 aliphatic carbocycles. The van der Waals surface area contributed by atoms with Crippen LogP contribution in [0.25, 0.3) is 0 Å². The maximum Gasteiger partial charge on any atom is 0.257 e. The predicted molar refractivity (Wildman–Crippen MR) is 174 cm³/mol. The third kappa shape index (κ3) is 8.14. The van der Waals surface area contributed by atoms with Crippen molar-refractivity contribution >= 4 is 56.4 Å². The molecule has 0 bridgehead atoms. The number of anilines is 3. The molecule has 0 unspecified atom stereocenters. The molecule has 4 rings (SSSR count). The normalized spacial score (nSPS) is 14.0. The summed E-state index contributed by atoms with van der Waals surface area (Å²) in [7, 11) is 0. The van der Waals surface area contributed by atoms with E-state index < -0.39 is 0 Å². The molecule has 3 aromatic rings. The lowest BCUT2D eigenvalue weighted by Crippen LogP contribution is -2.34. The van der Waals surface area contributed by atoms with Crippen LogP contribution in [0.2, 0.25) is 5.02 Å². The van der Waals surface area contributed by atoms with Crippen LogP contribution in [0.1, 0.15) is 66.8 Å². The number of nitrogens with one attached hydrogen (secondary N) is 3. The maximum atomic E-state index is 13.5. The molecule has 0 saturated carbocycles. The van der Waals surface area contributed by atoms with Crippen molar-refractivity contribution in [1.82, 2.24) is 5.32 Å². The van der Waals surface area contributed by atoms with E-state index in [1.807, 2.05) is 42.5 Å². The fraction of sp³-hybridized carbons (Fsp3) is 0.333. The molecule has 41 heavy (non-hydrogen) atoms. The van der Waals surface area contributed by atoms with Gasteiger partial charge in [-0.2, -0.15) is 0 Å². The van der Waals surface area contributed by atoms with Crippen LogP contribution < -0.4 is 20.9 Å². The Morgan fingerprint density at radius 3 is 2.20 bits per heavy atom. The van der Waals surface area contributed by atoms with Crippen molar-refractivity contribution in [3.63, 3.8) is 0 Å². The van der Waals surface area contributed by atoms with Crippen molar-refractivity contribution in [3.8, 4) is 0 Å². The summed E-state index contributed by atoms with van der Waals surface area (Å²) in [5.74, 6) is 0.0830. The summed E-state index contributed by atoms with van der Waals surface area (Å²) in [5, 5.41) is 9.65. The van der Waals surface area contributed by atoms with E-state index in [9.17, 15) is 9.59 Å². The number of carbonyl (C=O) groups excluding carboxylic acids is 2. The summed E-state index contributed by atoms with van der Waals surface area (Å²) in [6.07, 6.45) is 2.14. The first kappa shape index (κ1) is 30.7. The monoisotopic (exact) mass is 636 g/mol. The smallest absolute Gasteiger partial charge is 0.257 e. The molecule has 6 nitrogen and oxygen atoms in total. The molecule has 0 atom stereocenters. The van der Waals surface area contributed by atoms with Gasteiger partial charge >= 0.3 is 0 Å². The average Bonchev–Trinajstić information content (AvgIpc) is 2.93. The van der Waals surface area contributed by atoms with Crippen molar-refractivity contribution < 1.29 is 9.59 Å². The molecule has 3 N–H and O–H groups in total. The Labute approximate surface area is 256 Å². The zero-order valence-electron chi connectivity index (χ0n) is 24.1. The third-order valence-electron chi connectivity index (χ3n) is 7.41. The van der Waals surface area contributed by atoms with Gasteiger partial charge in [-0.3, -0.25) is 9.59 Å². The van der Waals surface area contributed by atoms with Crippen molar-refractivity contribution in [2.75, 3.05) is 28.6 Å². The molecule has 8 heteroatoms. The standard InChI is InChI=1S/C33H38BrClN4O2/c1-21-14-16-39(17-15-21)30-13-11-26(19-28(30)32(41)37-25-9-7-24(34)8-10-25)38-31(40)27-18-23(6-12-29(27)35)20-36-22(2)33(3,4)5/h6-13,18-19,21,36H,2,14-17,20H2,1,3-5H3,(H,37,41)(H,38,40). The Balaban J connectivity index is 1.57. The molecular formula is C33H38BrClN4O2. The van der Waals surface area contributed by atoms with E-state index in [2.05, 4.69) is 71.1 Å². The zero-order valence-corrected chi connectivity index (χ0v) is 26.5. The van der Waals surface area contributed by atoms with Gasteiger partial charge in [0.1, 0.15) is 0 Å². The summed E-state index contributed by atoms with van der Waals surface area (Å²) in [6, 6.07) is 18.4. The number of allylic oxidation sites excluding steroid dienone is 1. The molecule has 1 heterocycles. The third-order valence-corrected chi connectivity index (χ3v) is 8.27. The van der Waals surface area contributed by atoms with E-state index in [4.69, 9.17) is 11.6 Å². The highest BCUT2D eigenvalue weighted by atomic mass is 79.9. The first-order valence-electron chi connectivity index (χ1n) is 13.9. The summed E-state index contributed by atoms with van der Waals surface area (Å²) in [4.78, 5) is 29.1. The first-order chi connectivity index (χ1) is 19.4. The zero-order chi connectivity index (χ0) is 29.7. The molecule has 0 aromatic heterocycles. The Morgan fingerprint density at radius 2 is 1.54 bits per heavy atom.